The third-order valence-corrected chi connectivity index (χ3v) is 2.32. The van der Waals surface area contributed by atoms with E-state index in [2.05, 4.69) is 17.1 Å². The molecule has 0 bridgehead atoms. The second-order valence-electron chi connectivity index (χ2n) is 3.77. The Labute approximate surface area is 91.1 Å². The monoisotopic (exact) mass is 210 g/mol. The number of anilines is 1. The van der Waals surface area contributed by atoms with Crippen LogP contribution in [0.4, 0.5) is 10.1 Å². The van der Waals surface area contributed by atoms with E-state index in [9.17, 15) is 4.39 Å². The molecule has 0 atom stereocenters. The normalized spacial score (nSPS) is 10.4. The first-order valence-electron chi connectivity index (χ1n) is 5.32. The summed E-state index contributed by atoms with van der Waals surface area (Å²) in [6, 6.07) is 5.17. The molecule has 0 aromatic heterocycles. The molecular weight excluding hydrogens is 191 g/mol. The molecule has 0 fully saturated rings. The molecule has 3 heteroatoms. The van der Waals surface area contributed by atoms with E-state index in [1.165, 1.54) is 0 Å². The van der Waals surface area contributed by atoms with Crippen molar-refractivity contribution in [2.45, 2.75) is 19.9 Å². The zero-order valence-electron chi connectivity index (χ0n) is 9.68. The molecule has 0 saturated heterocycles. The molecular formula is C12H19FN2. The van der Waals surface area contributed by atoms with E-state index in [1.807, 2.05) is 20.2 Å². The fourth-order valence-corrected chi connectivity index (χ4v) is 1.62. The van der Waals surface area contributed by atoms with Crippen LogP contribution in [0.5, 0.6) is 0 Å². The van der Waals surface area contributed by atoms with Crippen molar-refractivity contribution in [3.63, 3.8) is 0 Å². The lowest BCUT2D eigenvalue weighted by molar-refractivity contribution is 0.623. The SMILES string of the molecule is CCCN(C)c1cc(F)cc(CNC)c1. The second kappa shape index (κ2) is 5.71. The van der Waals surface area contributed by atoms with Gasteiger partial charge in [0, 0.05) is 25.8 Å². The number of nitrogens with zero attached hydrogens (tertiary/aromatic N) is 1. The molecule has 0 saturated carbocycles. The van der Waals surface area contributed by atoms with Gasteiger partial charge in [0.15, 0.2) is 0 Å². The van der Waals surface area contributed by atoms with E-state index in [0.29, 0.717) is 6.54 Å². The van der Waals surface area contributed by atoms with Crippen molar-refractivity contribution in [1.29, 1.82) is 0 Å². The van der Waals surface area contributed by atoms with Gasteiger partial charge in [0.25, 0.3) is 0 Å². The minimum absolute atomic E-state index is 0.166. The maximum Gasteiger partial charge on any atom is 0.125 e. The van der Waals surface area contributed by atoms with Crippen molar-refractivity contribution in [2.24, 2.45) is 0 Å². The van der Waals surface area contributed by atoms with Gasteiger partial charge in [-0.25, -0.2) is 4.39 Å². The zero-order valence-corrected chi connectivity index (χ0v) is 9.68. The van der Waals surface area contributed by atoms with Crippen molar-refractivity contribution < 1.29 is 4.39 Å². The van der Waals surface area contributed by atoms with Gasteiger partial charge in [-0.05, 0) is 37.2 Å². The van der Waals surface area contributed by atoms with Crippen molar-refractivity contribution in [2.75, 3.05) is 25.5 Å². The highest BCUT2D eigenvalue weighted by molar-refractivity contribution is 5.48. The first kappa shape index (κ1) is 12.0. The van der Waals surface area contributed by atoms with Gasteiger partial charge < -0.3 is 10.2 Å². The number of rotatable bonds is 5. The molecule has 0 radical (unpaired) electrons. The minimum Gasteiger partial charge on any atom is -0.375 e. The highest BCUT2D eigenvalue weighted by atomic mass is 19.1. The van der Waals surface area contributed by atoms with Gasteiger partial charge in [-0.1, -0.05) is 6.92 Å². The molecule has 84 valence electrons. The minimum atomic E-state index is -0.166. The highest BCUT2D eigenvalue weighted by Crippen LogP contribution is 2.17. The lowest BCUT2D eigenvalue weighted by atomic mass is 10.2. The number of hydrogen-bond acceptors (Lipinski definition) is 2. The zero-order chi connectivity index (χ0) is 11.3. The maximum absolute atomic E-state index is 13.3. The van der Waals surface area contributed by atoms with Crippen LogP contribution < -0.4 is 10.2 Å². The lowest BCUT2D eigenvalue weighted by Gasteiger charge is -2.19. The predicted octanol–water partition coefficient (Wildman–Crippen LogP) is 2.39. The summed E-state index contributed by atoms with van der Waals surface area (Å²) in [4.78, 5) is 2.07. The van der Waals surface area contributed by atoms with E-state index in [0.717, 1.165) is 24.2 Å². The number of halogens is 1. The molecule has 0 amide bonds. The summed E-state index contributed by atoms with van der Waals surface area (Å²) in [5, 5.41) is 3.02. The first-order chi connectivity index (χ1) is 7.17. The van der Waals surface area contributed by atoms with Gasteiger partial charge in [0.1, 0.15) is 5.82 Å². The molecule has 0 heterocycles. The predicted molar refractivity (Wildman–Crippen MR) is 62.7 cm³/mol. The quantitative estimate of drug-likeness (QED) is 0.802. The molecule has 0 spiro atoms. The molecule has 1 aromatic rings. The topological polar surface area (TPSA) is 15.3 Å². The Balaban J connectivity index is 2.87. The van der Waals surface area contributed by atoms with Crippen LogP contribution in [-0.4, -0.2) is 20.6 Å². The van der Waals surface area contributed by atoms with Gasteiger partial charge >= 0.3 is 0 Å². The molecule has 15 heavy (non-hydrogen) atoms. The van der Waals surface area contributed by atoms with Crippen molar-refractivity contribution in [3.8, 4) is 0 Å². The van der Waals surface area contributed by atoms with E-state index in [-0.39, 0.29) is 5.82 Å². The van der Waals surface area contributed by atoms with Crippen LogP contribution in [0.2, 0.25) is 0 Å². The molecule has 1 N–H and O–H groups in total. The van der Waals surface area contributed by atoms with Crippen molar-refractivity contribution in [3.05, 3.63) is 29.6 Å². The fraction of sp³-hybridized carbons (Fsp3) is 0.500. The lowest BCUT2D eigenvalue weighted by Crippen LogP contribution is -2.18. The Morgan fingerprint density at radius 2 is 2.07 bits per heavy atom. The van der Waals surface area contributed by atoms with Crippen LogP contribution >= 0.6 is 0 Å². The summed E-state index contributed by atoms with van der Waals surface area (Å²) >= 11 is 0. The van der Waals surface area contributed by atoms with Crippen LogP contribution in [0, 0.1) is 5.82 Å². The van der Waals surface area contributed by atoms with Crippen LogP contribution in [0.15, 0.2) is 18.2 Å². The van der Waals surface area contributed by atoms with Crippen LogP contribution in [0.3, 0.4) is 0 Å². The van der Waals surface area contributed by atoms with Crippen molar-refractivity contribution in [1.82, 2.24) is 5.32 Å². The molecule has 2 nitrogen and oxygen atoms in total. The summed E-state index contributed by atoms with van der Waals surface area (Å²) in [6.45, 7) is 3.76. The van der Waals surface area contributed by atoms with E-state index < -0.39 is 0 Å². The van der Waals surface area contributed by atoms with Crippen molar-refractivity contribution >= 4 is 5.69 Å². The summed E-state index contributed by atoms with van der Waals surface area (Å²) in [7, 11) is 3.85. The fourth-order valence-electron chi connectivity index (χ4n) is 1.62. The average Bonchev–Trinajstić information content (AvgIpc) is 2.17. The summed E-state index contributed by atoms with van der Waals surface area (Å²) in [5.74, 6) is -0.166. The van der Waals surface area contributed by atoms with Gasteiger partial charge in [-0.3, -0.25) is 0 Å². The summed E-state index contributed by atoms with van der Waals surface area (Å²) in [6.07, 6.45) is 1.06. The Morgan fingerprint density at radius 1 is 1.33 bits per heavy atom. The molecule has 0 unspecified atom stereocenters. The summed E-state index contributed by atoms with van der Waals surface area (Å²) < 4.78 is 13.3. The smallest absolute Gasteiger partial charge is 0.125 e. The van der Waals surface area contributed by atoms with Crippen LogP contribution in [0.1, 0.15) is 18.9 Å². The van der Waals surface area contributed by atoms with Gasteiger partial charge in [-0.2, -0.15) is 0 Å². The summed E-state index contributed by atoms with van der Waals surface area (Å²) in [5.41, 5.74) is 1.93. The number of nitrogens with one attached hydrogen (secondary N) is 1. The molecule has 0 aliphatic heterocycles. The number of hydrogen-bond donors (Lipinski definition) is 1. The maximum atomic E-state index is 13.3. The molecule has 1 rings (SSSR count). The first-order valence-corrected chi connectivity index (χ1v) is 5.32. The average molecular weight is 210 g/mol. The van der Waals surface area contributed by atoms with Gasteiger partial charge in [0.05, 0.1) is 0 Å². The third kappa shape index (κ3) is 3.51. The third-order valence-electron chi connectivity index (χ3n) is 2.32. The van der Waals surface area contributed by atoms with E-state index in [4.69, 9.17) is 0 Å². The molecule has 0 aliphatic rings. The standard InChI is InChI=1S/C12H19FN2/c1-4-5-15(3)12-7-10(9-14-2)6-11(13)8-12/h6-8,14H,4-5,9H2,1-3H3. The van der Waals surface area contributed by atoms with Gasteiger partial charge in [-0.15, -0.1) is 0 Å². The Hall–Kier alpha value is -1.09. The van der Waals surface area contributed by atoms with Crippen LogP contribution in [-0.2, 0) is 6.54 Å². The van der Waals surface area contributed by atoms with E-state index in [1.54, 1.807) is 12.1 Å². The number of benzene rings is 1. The molecule has 1 aromatic carbocycles. The second-order valence-corrected chi connectivity index (χ2v) is 3.77. The van der Waals surface area contributed by atoms with Gasteiger partial charge in [0.2, 0.25) is 0 Å². The Bertz CT molecular complexity index is 312. The Kier molecular flexibility index (Phi) is 4.56. The van der Waals surface area contributed by atoms with Crippen LogP contribution in [0.25, 0.3) is 0 Å². The largest absolute Gasteiger partial charge is 0.375 e. The molecule has 0 aliphatic carbocycles. The van der Waals surface area contributed by atoms with E-state index >= 15 is 0 Å². The Morgan fingerprint density at radius 3 is 2.67 bits per heavy atom. The highest BCUT2D eigenvalue weighted by Gasteiger charge is 2.04.